The molecule has 35 heavy (non-hydrogen) atoms. The Kier molecular flexibility index (Phi) is 7.91. The highest BCUT2D eigenvalue weighted by Crippen LogP contribution is 2.38. The molecular formula is C29H28F2NOPS. The minimum atomic E-state index is -1.57. The molecule has 0 aliphatic heterocycles. The topological polar surface area (TPSA) is 29.1 Å². The minimum Gasteiger partial charge on any atom is -0.242 e. The van der Waals surface area contributed by atoms with Crippen molar-refractivity contribution in [3.05, 3.63) is 126 Å². The van der Waals surface area contributed by atoms with Crippen molar-refractivity contribution in [2.24, 2.45) is 0 Å². The normalized spacial score (nSPS) is 13.5. The molecule has 4 aromatic rings. The molecule has 2 nitrogen and oxygen atoms in total. The van der Waals surface area contributed by atoms with E-state index in [-0.39, 0.29) is 5.56 Å². The van der Waals surface area contributed by atoms with Crippen LogP contribution in [0.1, 0.15) is 37.9 Å². The lowest BCUT2D eigenvalue weighted by molar-refractivity contribution is 0.532. The van der Waals surface area contributed by atoms with Gasteiger partial charge in [-0.15, -0.1) is 0 Å². The van der Waals surface area contributed by atoms with E-state index in [0.29, 0.717) is 5.56 Å². The molecule has 4 aromatic carbocycles. The van der Waals surface area contributed by atoms with E-state index in [1.807, 2.05) is 81.4 Å². The van der Waals surface area contributed by atoms with Gasteiger partial charge >= 0.3 is 0 Å². The summed E-state index contributed by atoms with van der Waals surface area (Å²) in [5.74, 6) is -1.35. The van der Waals surface area contributed by atoms with Crippen LogP contribution in [0.25, 0.3) is 0 Å². The zero-order valence-corrected chi connectivity index (χ0v) is 21.6. The first-order chi connectivity index (χ1) is 16.8. The zero-order valence-electron chi connectivity index (χ0n) is 19.9. The Hall–Kier alpha value is -2.72. The van der Waals surface area contributed by atoms with Crippen molar-refractivity contribution in [1.82, 2.24) is 4.72 Å². The van der Waals surface area contributed by atoms with Gasteiger partial charge in [0.25, 0.3) is 0 Å². The molecule has 0 bridgehead atoms. The molecule has 0 radical (unpaired) electrons. The Labute approximate surface area is 209 Å². The van der Waals surface area contributed by atoms with Crippen LogP contribution >= 0.6 is 7.92 Å². The summed E-state index contributed by atoms with van der Waals surface area (Å²) >= 11 is 0. The van der Waals surface area contributed by atoms with Crippen LogP contribution in [0, 0.1) is 11.6 Å². The molecule has 0 aromatic heterocycles. The highest BCUT2D eigenvalue weighted by molar-refractivity contribution is 7.84. The maximum atomic E-state index is 15.1. The summed E-state index contributed by atoms with van der Waals surface area (Å²) in [6.45, 7) is 5.49. The predicted octanol–water partition coefficient (Wildman–Crippen LogP) is 5.86. The highest BCUT2D eigenvalue weighted by Gasteiger charge is 2.31. The van der Waals surface area contributed by atoms with Gasteiger partial charge in [-0.1, -0.05) is 91.0 Å². The van der Waals surface area contributed by atoms with Crippen molar-refractivity contribution in [1.29, 1.82) is 0 Å². The number of rotatable bonds is 7. The molecule has 6 heteroatoms. The second kappa shape index (κ2) is 10.9. The smallest absolute Gasteiger partial charge is 0.131 e. The summed E-state index contributed by atoms with van der Waals surface area (Å²) in [6, 6.07) is 30.8. The SMILES string of the molecule is CC(C)(C)S(=O)NC(c1ccccc1P(c1ccccc1)c1ccccc1)c1c(F)cccc1F. The summed E-state index contributed by atoms with van der Waals surface area (Å²) in [5, 5.41) is 3.18. The first kappa shape index (κ1) is 25.4. The van der Waals surface area contributed by atoms with Gasteiger partial charge in [-0.3, -0.25) is 0 Å². The molecule has 4 rings (SSSR count). The predicted molar refractivity (Wildman–Crippen MR) is 144 cm³/mol. The van der Waals surface area contributed by atoms with Crippen molar-refractivity contribution in [3.8, 4) is 0 Å². The van der Waals surface area contributed by atoms with Crippen LogP contribution in [0.15, 0.2) is 103 Å². The quantitative estimate of drug-likeness (QED) is 0.312. The molecule has 0 aliphatic carbocycles. The Bertz CT molecular complexity index is 1250. The fraction of sp³-hybridized carbons (Fsp3) is 0.172. The van der Waals surface area contributed by atoms with Crippen molar-refractivity contribution < 1.29 is 13.0 Å². The van der Waals surface area contributed by atoms with Crippen LogP contribution < -0.4 is 20.6 Å². The fourth-order valence-corrected chi connectivity index (χ4v) is 7.17. The van der Waals surface area contributed by atoms with Gasteiger partial charge in [0, 0.05) is 5.56 Å². The zero-order chi connectivity index (χ0) is 25.0. The maximum absolute atomic E-state index is 15.1. The number of nitrogens with one attached hydrogen (secondary N) is 1. The first-order valence-electron chi connectivity index (χ1n) is 11.4. The Morgan fingerprint density at radius 2 is 1.20 bits per heavy atom. The Balaban J connectivity index is 1.96. The van der Waals surface area contributed by atoms with Gasteiger partial charge in [0.2, 0.25) is 0 Å². The molecule has 2 atom stereocenters. The Morgan fingerprint density at radius 1 is 0.714 bits per heavy atom. The standard InChI is InChI=1S/C29H28F2NOPS/c1-29(2,3)35(33)32-28(27-24(30)18-12-19-25(27)31)23-17-10-11-20-26(23)34(21-13-6-4-7-14-21)22-15-8-5-9-16-22/h4-20,28,32H,1-3H3. The summed E-state index contributed by atoms with van der Waals surface area (Å²) in [6.07, 6.45) is 0. The van der Waals surface area contributed by atoms with E-state index in [9.17, 15) is 4.21 Å². The summed E-state index contributed by atoms with van der Waals surface area (Å²) in [4.78, 5) is 0. The van der Waals surface area contributed by atoms with Gasteiger partial charge in [-0.2, -0.15) is 0 Å². The van der Waals surface area contributed by atoms with Crippen LogP contribution in [0.4, 0.5) is 8.78 Å². The van der Waals surface area contributed by atoms with Crippen LogP contribution in [0.5, 0.6) is 0 Å². The summed E-state index contributed by atoms with van der Waals surface area (Å²) < 4.78 is 45.9. The number of hydrogen-bond acceptors (Lipinski definition) is 1. The van der Waals surface area contributed by atoms with Crippen molar-refractivity contribution in [2.75, 3.05) is 0 Å². The third-order valence-electron chi connectivity index (χ3n) is 5.59. The molecular weight excluding hydrogens is 479 g/mol. The van der Waals surface area contributed by atoms with Gasteiger partial charge in [0.1, 0.15) is 11.6 Å². The molecule has 0 heterocycles. The minimum absolute atomic E-state index is 0.131. The van der Waals surface area contributed by atoms with Crippen LogP contribution in [0.2, 0.25) is 0 Å². The molecule has 0 spiro atoms. The molecule has 180 valence electrons. The molecule has 0 aliphatic rings. The van der Waals surface area contributed by atoms with E-state index >= 15 is 8.78 Å². The van der Waals surface area contributed by atoms with E-state index in [4.69, 9.17) is 0 Å². The van der Waals surface area contributed by atoms with Gasteiger partial charge in [-0.05, 0) is 62.3 Å². The van der Waals surface area contributed by atoms with Gasteiger partial charge in [0.15, 0.2) is 0 Å². The molecule has 2 unspecified atom stereocenters. The third kappa shape index (κ3) is 5.75. The highest BCUT2D eigenvalue weighted by atomic mass is 32.2. The largest absolute Gasteiger partial charge is 0.242 e. The third-order valence-corrected chi connectivity index (χ3v) is 9.67. The summed E-state index contributed by atoms with van der Waals surface area (Å²) in [5.41, 5.74) is 0.571. The summed E-state index contributed by atoms with van der Waals surface area (Å²) in [7, 11) is -2.62. The maximum Gasteiger partial charge on any atom is 0.131 e. The molecule has 0 fully saturated rings. The second-order valence-corrected chi connectivity index (χ2v) is 13.3. The lowest BCUT2D eigenvalue weighted by atomic mass is 9.98. The van der Waals surface area contributed by atoms with E-state index in [1.165, 1.54) is 18.2 Å². The number of hydrogen-bond donors (Lipinski definition) is 1. The molecule has 0 amide bonds. The van der Waals surface area contributed by atoms with E-state index in [0.717, 1.165) is 15.9 Å². The van der Waals surface area contributed by atoms with Gasteiger partial charge in [-0.25, -0.2) is 17.7 Å². The van der Waals surface area contributed by atoms with Crippen LogP contribution in [0.3, 0.4) is 0 Å². The number of halogens is 2. The average Bonchev–Trinajstić information content (AvgIpc) is 2.84. The van der Waals surface area contributed by atoms with Crippen molar-refractivity contribution in [3.63, 3.8) is 0 Å². The molecule has 0 saturated carbocycles. The second-order valence-electron chi connectivity index (χ2n) is 9.13. The fourth-order valence-electron chi connectivity index (χ4n) is 3.86. The molecule has 0 saturated heterocycles. The molecule has 1 N–H and O–H groups in total. The van der Waals surface area contributed by atoms with Crippen LogP contribution in [-0.4, -0.2) is 8.96 Å². The van der Waals surface area contributed by atoms with Crippen LogP contribution in [-0.2, 0) is 11.0 Å². The lowest BCUT2D eigenvalue weighted by Crippen LogP contribution is -2.38. The van der Waals surface area contributed by atoms with E-state index < -0.39 is 41.3 Å². The van der Waals surface area contributed by atoms with Crippen molar-refractivity contribution in [2.45, 2.75) is 31.6 Å². The van der Waals surface area contributed by atoms with E-state index in [2.05, 4.69) is 29.0 Å². The monoisotopic (exact) mass is 507 g/mol. The van der Waals surface area contributed by atoms with Crippen molar-refractivity contribution >= 4 is 34.8 Å². The lowest BCUT2D eigenvalue weighted by Gasteiger charge is -2.29. The van der Waals surface area contributed by atoms with Gasteiger partial charge in [0.05, 0.1) is 21.8 Å². The van der Waals surface area contributed by atoms with Gasteiger partial charge < -0.3 is 0 Å². The first-order valence-corrected chi connectivity index (χ1v) is 13.9. The number of benzene rings is 4. The average molecular weight is 508 g/mol. The van der Waals surface area contributed by atoms with E-state index in [1.54, 1.807) is 0 Å². The Morgan fingerprint density at radius 3 is 1.71 bits per heavy atom.